The van der Waals surface area contributed by atoms with Crippen molar-refractivity contribution in [3.8, 4) is 0 Å². The van der Waals surface area contributed by atoms with Gasteiger partial charge in [-0.1, -0.05) is 6.07 Å². The van der Waals surface area contributed by atoms with E-state index in [1.165, 1.54) is 12.1 Å². The van der Waals surface area contributed by atoms with Gasteiger partial charge in [-0.3, -0.25) is 4.79 Å². The molecule has 0 fully saturated rings. The summed E-state index contributed by atoms with van der Waals surface area (Å²) < 4.78 is 13.0. The van der Waals surface area contributed by atoms with E-state index in [1.54, 1.807) is 6.07 Å². The van der Waals surface area contributed by atoms with Crippen molar-refractivity contribution >= 4 is 10.9 Å². The molecule has 0 saturated carbocycles. The first-order valence-electron chi connectivity index (χ1n) is 3.34. The standard InChI is InChI=1S/C7H6FN3O/c8-4-2-1-3-5-6(4)7(12)10-11(5)9/h1-3H,9H2,(H,10,12). The molecule has 5 heteroatoms. The molecular weight excluding hydrogens is 161 g/mol. The summed E-state index contributed by atoms with van der Waals surface area (Å²) in [6, 6.07) is 4.28. The molecular formula is C7H6FN3O. The molecule has 3 N–H and O–H groups in total. The largest absolute Gasteiger partial charge is 0.324 e. The number of fused-ring (bicyclic) bond motifs is 1. The normalized spacial score (nSPS) is 10.8. The molecule has 0 bridgehead atoms. The molecule has 0 saturated heterocycles. The van der Waals surface area contributed by atoms with Gasteiger partial charge in [0.25, 0.3) is 5.56 Å². The molecule has 0 radical (unpaired) electrons. The van der Waals surface area contributed by atoms with Crippen LogP contribution in [0.5, 0.6) is 0 Å². The molecule has 0 aliphatic heterocycles. The minimum atomic E-state index is -0.557. The van der Waals surface area contributed by atoms with E-state index in [2.05, 4.69) is 5.10 Å². The molecule has 0 atom stereocenters. The second-order valence-electron chi connectivity index (χ2n) is 2.44. The maximum Gasteiger partial charge on any atom is 0.276 e. The van der Waals surface area contributed by atoms with Crippen molar-refractivity contribution in [1.82, 2.24) is 9.89 Å². The maximum atomic E-state index is 13.0. The number of rotatable bonds is 0. The summed E-state index contributed by atoms with van der Waals surface area (Å²) in [6.07, 6.45) is 0. The topological polar surface area (TPSA) is 63.8 Å². The lowest BCUT2D eigenvalue weighted by Gasteiger charge is -1.92. The average Bonchev–Trinajstić information content (AvgIpc) is 2.29. The number of H-pyrrole nitrogens is 1. The van der Waals surface area contributed by atoms with Crippen molar-refractivity contribution in [3.63, 3.8) is 0 Å². The lowest BCUT2D eigenvalue weighted by atomic mass is 10.2. The van der Waals surface area contributed by atoms with Crippen molar-refractivity contribution < 1.29 is 4.39 Å². The number of nitrogens with two attached hydrogens (primary N) is 1. The van der Waals surface area contributed by atoms with Crippen LogP contribution in [0.3, 0.4) is 0 Å². The number of benzene rings is 1. The molecule has 62 valence electrons. The highest BCUT2D eigenvalue weighted by Crippen LogP contribution is 2.10. The number of aromatic nitrogens is 2. The fourth-order valence-electron chi connectivity index (χ4n) is 1.16. The molecule has 2 rings (SSSR count). The van der Waals surface area contributed by atoms with Crippen molar-refractivity contribution in [2.24, 2.45) is 0 Å². The zero-order valence-electron chi connectivity index (χ0n) is 6.04. The van der Waals surface area contributed by atoms with Gasteiger partial charge in [-0.25, -0.2) is 14.3 Å². The zero-order chi connectivity index (χ0) is 8.72. The Morgan fingerprint density at radius 3 is 2.92 bits per heavy atom. The van der Waals surface area contributed by atoms with Crippen molar-refractivity contribution in [3.05, 3.63) is 34.4 Å². The van der Waals surface area contributed by atoms with Crippen LogP contribution in [0.15, 0.2) is 23.0 Å². The Bertz CT molecular complexity index is 485. The molecule has 1 aromatic heterocycles. The van der Waals surface area contributed by atoms with Gasteiger partial charge in [0.2, 0.25) is 0 Å². The number of aromatic amines is 1. The molecule has 1 aromatic carbocycles. The van der Waals surface area contributed by atoms with Crippen LogP contribution in [0, 0.1) is 5.82 Å². The molecule has 0 aliphatic rings. The number of nitrogens with one attached hydrogen (secondary N) is 1. The third-order valence-electron chi connectivity index (χ3n) is 1.70. The molecule has 12 heavy (non-hydrogen) atoms. The minimum absolute atomic E-state index is 0.000000000000000444. The fourth-order valence-corrected chi connectivity index (χ4v) is 1.16. The van der Waals surface area contributed by atoms with Gasteiger partial charge < -0.3 is 5.84 Å². The summed E-state index contributed by atoms with van der Waals surface area (Å²) in [5.74, 6) is 4.78. The van der Waals surface area contributed by atoms with E-state index < -0.39 is 11.4 Å². The van der Waals surface area contributed by atoms with Crippen LogP contribution in [0.4, 0.5) is 4.39 Å². The van der Waals surface area contributed by atoms with E-state index in [9.17, 15) is 9.18 Å². The van der Waals surface area contributed by atoms with E-state index in [-0.39, 0.29) is 5.39 Å². The lowest BCUT2D eigenvalue weighted by Crippen LogP contribution is -2.13. The van der Waals surface area contributed by atoms with Crippen LogP contribution >= 0.6 is 0 Å². The van der Waals surface area contributed by atoms with Gasteiger partial charge in [0, 0.05) is 0 Å². The molecule has 4 nitrogen and oxygen atoms in total. The Balaban J connectivity index is 3.09. The van der Waals surface area contributed by atoms with Gasteiger partial charge in [0.1, 0.15) is 11.2 Å². The lowest BCUT2D eigenvalue weighted by molar-refractivity contribution is 0.639. The molecule has 1 heterocycles. The van der Waals surface area contributed by atoms with Gasteiger partial charge in [-0.2, -0.15) is 0 Å². The van der Waals surface area contributed by atoms with E-state index in [0.29, 0.717) is 5.52 Å². The smallest absolute Gasteiger partial charge is 0.276 e. The summed E-state index contributed by atoms with van der Waals surface area (Å²) in [4.78, 5) is 12.0. The molecule has 0 amide bonds. The van der Waals surface area contributed by atoms with Crippen LogP contribution in [0.1, 0.15) is 0 Å². The average molecular weight is 167 g/mol. The molecule has 0 aliphatic carbocycles. The van der Waals surface area contributed by atoms with Gasteiger partial charge in [0.15, 0.2) is 0 Å². The number of nitrogens with zero attached hydrogens (tertiary/aromatic N) is 1. The SMILES string of the molecule is Nn1[nH]c(=O)c2c(F)cccc21. The van der Waals surface area contributed by atoms with Crippen LogP contribution < -0.4 is 11.4 Å². The van der Waals surface area contributed by atoms with Gasteiger partial charge in [-0.05, 0) is 12.1 Å². The minimum Gasteiger partial charge on any atom is -0.324 e. The first-order chi connectivity index (χ1) is 5.70. The monoisotopic (exact) mass is 167 g/mol. The quantitative estimate of drug-likeness (QED) is 0.550. The summed E-state index contributed by atoms with van der Waals surface area (Å²) in [5.41, 5.74) is -0.148. The Hall–Kier alpha value is -1.78. The van der Waals surface area contributed by atoms with E-state index in [1.807, 2.05) is 0 Å². The molecule has 0 unspecified atom stereocenters. The van der Waals surface area contributed by atoms with Crippen molar-refractivity contribution in [2.45, 2.75) is 0 Å². The zero-order valence-corrected chi connectivity index (χ0v) is 6.04. The van der Waals surface area contributed by atoms with Gasteiger partial charge in [-0.15, -0.1) is 0 Å². The Labute approximate surface area is 66.4 Å². The summed E-state index contributed by atoms with van der Waals surface area (Å²) in [7, 11) is 0. The van der Waals surface area contributed by atoms with E-state index >= 15 is 0 Å². The Morgan fingerprint density at radius 2 is 2.25 bits per heavy atom. The highest BCUT2D eigenvalue weighted by Gasteiger charge is 2.07. The second-order valence-corrected chi connectivity index (χ2v) is 2.44. The van der Waals surface area contributed by atoms with Crippen LogP contribution in [0.2, 0.25) is 0 Å². The van der Waals surface area contributed by atoms with E-state index in [4.69, 9.17) is 5.84 Å². The van der Waals surface area contributed by atoms with Crippen LogP contribution in [-0.4, -0.2) is 9.89 Å². The highest BCUT2D eigenvalue weighted by atomic mass is 19.1. The Morgan fingerprint density at radius 1 is 1.50 bits per heavy atom. The summed E-state index contributed by atoms with van der Waals surface area (Å²) in [6.45, 7) is 0. The van der Waals surface area contributed by atoms with Crippen LogP contribution in [-0.2, 0) is 0 Å². The predicted octanol–water partition coefficient (Wildman–Crippen LogP) is 0.182. The van der Waals surface area contributed by atoms with Crippen LogP contribution in [0.25, 0.3) is 10.9 Å². The second kappa shape index (κ2) is 2.10. The molecule has 0 spiro atoms. The predicted molar refractivity (Wildman–Crippen MR) is 42.7 cm³/mol. The third kappa shape index (κ3) is 0.730. The third-order valence-corrected chi connectivity index (χ3v) is 1.70. The highest BCUT2D eigenvalue weighted by molar-refractivity contribution is 5.78. The van der Waals surface area contributed by atoms with Crippen molar-refractivity contribution in [2.75, 3.05) is 5.84 Å². The maximum absolute atomic E-state index is 13.0. The summed E-state index contributed by atoms with van der Waals surface area (Å²) in [5, 5.41) is 2.26. The number of hydrogen-bond acceptors (Lipinski definition) is 2. The number of hydrogen-bond donors (Lipinski definition) is 2. The molecule has 2 aromatic rings. The van der Waals surface area contributed by atoms with Gasteiger partial charge in [0.05, 0.1) is 5.52 Å². The van der Waals surface area contributed by atoms with E-state index in [0.717, 1.165) is 4.79 Å². The van der Waals surface area contributed by atoms with Crippen molar-refractivity contribution in [1.29, 1.82) is 0 Å². The van der Waals surface area contributed by atoms with Gasteiger partial charge >= 0.3 is 0 Å². The first-order valence-corrected chi connectivity index (χ1v) is 3.34. The first kappa shape index (κ1) is 6.90. The number of nitrogen functional groups attached to an aromatic ring is 1. The number of halogens is 1. The summed E-state index contributed by atoms with van der Waals surface area (Å²) >= 11 is 0. The Kier molecular flexibility index (Phi) is 1.21. The fraction of sp³-hybridized carbons (Fsp3) is 0.